The third-order valence-corrected chi connectivity index (χ3v) is 3.90. The van der Waals surface area contributed by atoms with E-state index in [1.807, 2.05) is 18.2 Å². The van der Waals surface area contributed by atoms with Gasteiger partial charge in [-0.15, -0.1) is 0 Å². The summed E-state index contributed by atoms with van der Waals surface area (Å²) in [6, 6.07) is 5.69. The van der Waals surface area contributed by atoms with Crippen LogP contribution >= 0.6 is 11.6 Å². The van der Waals surface area contributed by atoms with Crippen molar-refractivity contribution in [2.75, 3.05) is 18.0 Å². The third-order valence-electron chi connectivity index (χ3n) is 3.59. The summed E-state index contributed by atoms with van der Waals surface area (Å²) in [5.41, 5.74) is 1.85. The van der Waals surface area contributed by atoms with Gasteiger partial charge in [0.2, 0.25) is 0 Å². The van der Waals surface area contributed by atoms with Crippen molar-refractivity contribution in [1.82, 2.24) is 0 Å². The molecule has 2 rings (SSSR count). The molecule has 1 aliphatic heterocycles. The topological polar surface area (TPSA) is 40.5 Å². The second-order valence-corrected chi connectivity index (χ2v) is 5.30. The largest absolute Gasteiger partial charge is 0.478 e. The first kappa shape index (κ1) is 13.9. The molecule has 0 aromatic heterocycles. The van der Waals surface area contributed by atoms with E-state index in [-0.39, 0.29) is 0 Å². The highest BCUT2D eigenvalue weighted by Crippen LogP contribution is 2.32. The summed E-state index contributed by atoms with van der Waals surface area (Å²) in [6.07, 6.45) is 5.09. The number of anilines is 1. The Hall–Kier alpha value is -1.48. The second-order valence-electron chi connectivity index (χ2n) is 4.89. The average molecular weight is 280 g/mol. The van der Waals surface area contributed by atoms with Gasteiger partial charge in [0.1, 0.15) is 0 Å². The number of carbonyl (C=O) groups is 1. The number of benzene rings is 1. The van der Waals surface area contributed by atoms with Gasteiger partial charge in [0, 0.05) is 19.2 Å². The van der Waals surface area contributed by atoms with Gasteiger partial charge in [-0.05, 0) is 36.1 Å². The summed E-state index contributed by atoms with van der Waals surface area (Å²) in [5, 5.41) is 9.28. The van der Waals surface area contributed by atoms with E-state index in [2.05, 4.69) is 11.8 Å². The summed E-state index contributed by atoms with van der Waals surface area (Å²) in [6.45, 7) is 4.32. The molecular formula is C15H18ClNO2. The summed E-state index contributed by atoms with van der Waals surface area (Å²) in [7, 11) is 0. The van der Waals surface area contributed by atoms with Crippen molar-refractivity contribution in [3.05, 3.63) is 34.9 Å². The van der Waals surface area contributed by atoms with Crippen LogP contribution in [0.15, 0.2) is 24.3 Å². The number of carboxylic acid groups (broad SMARTS) is 1. The van der Waals surface area contributed by atoms with Gasteiger partial charge in [-0.25, -0.2) is 4.79 Å². The molecule has 1 aromatic carbocycles. The quantitative estimate of drug-likeness (QED) is 0.855. The van der Waals surface area contributed by atoms with E-state index in [0.29, 0.717) is 5.02 Å². The maximum Gasteiger partial charge on any atom is 0.328 e. The molecule has 1 N–H and O–H groups in total. The van der Waals surface area contributed by atoms with Crippen molar-refractivity contribution >= 4 is 29.3 Å². The first-order valence-electron chi connectivity index (χ1n) is 6.55. The molecule has 1 aliphatic rings. The number of carboxylic acids is 1. The zero-order chi connectivity index (χ0) is 13.8. The van der Waals surface area contributed by atoms with Crippen LogP contribution in [0.5, 0.6) is 0 Å². The van der Waals surface area contributed by atoms with Crippen molar-refractivity contribution < 1.29 is 9.90 Å². The minimum atomic E-state index is -0.953. The molecule has 102 valence electrons. The van der Waals surface area contributed by atoms with Crippen LogP contribution < -0.4 is 4.90 Å². The maximum absolute atomic E-state index is 10.5. The van der Waals surface area contributed by atoms with Gasteiger partial charge in [0.15, 0.2) is 0 Å². The molecule has 0 aliphatic carbocycles. The molecular weight excluding hydrogens is 262 g/mol. The highest BCUT2D eigenvalue weighted by molar-refractivity contribution is 6.33. The van der Waals surface area contributed by atoms with Gasteiger partial charge in [0.05, 0.1) is 10.7 Å². The number of rotatable bonds is 4. The Bertz CT molecular complexity index is 499. The zero-order valence-corrected chi connectivity index (χ0v) is 11.7. The molecule has 4 heteroatoms. The molecule has 0 amide bonds. The molecule has 1 unspecified atom stereocenters. The minimum Gasteiger partial charge on any atom is -0.478 e. The smallest absolute Gasteiger partial charge is 0.328 e. The van der Waals surface area contributed by atoms with E-state index < -0.39 is 5.97 Å². The zero-order valence-electron chi connectivity index (χ0n) is 11.0. The summed E-state index contributed by atoms with van der Waals surface area (Å²) in [5.74, 6) is -0.201. The van der Waals surface area contributed by atoms with Gasteiger partial charge in [-0.3, -0.25) is 0 Å². The normalized spacial score (nSPS) is 19.3. The molecule has 0 radical (unpaired) electrons. The number of nitrogens with zero attached hydrogens (tertiary/aromatic N) is 1. The molecule has 19 heavy (non-hydrogen) atoms. The summed E-state index contributed by atoms with van der Waals surface area (Å²) < 4.78 is 0. The monoisotopic (exact) mass is 279 g/mol. The fourth-order valence-corrected chi connectivity index (χ4v) is 2.74. The van der Waals surface area contributed by atoms with E-state index in [4.69, 9.17) is 16.7 Å². The molecule has 0 spiro atoms. The Morgan fingerprint density at radius 3 is 2.95 bits per heavy atom. The van der Waals surface area contributed by atoms with Crippen molar-refractivity contribution in [2.45, 2.75) is 19.8 Å². The number of hydrogen-bond donors (Lipinski definition) is 1. The number of halogens is 1. The Balaban J connectivity index is 2.13. The molecule has 1 heterocycles. The van der Waals surface area contributed by atoms with Crippen LogP contribution in [-0.4, -0.2) is 24.2 Å². The number of aliphatic carboxylic acids is 1. The lowest BCUT2D eigenvalue weighted by Gasteiger charge is -2.20. The fourth-order valence-electron chi connectivity index (χ4n) is 2.44. The van der Waals surface area contributed by atoms with Crippen molar-refractivity contribution in [3.63, 3.8) is 0 Å². The van der Waals surface area contributed by atoms with Crippen LogP contribution in [-0.2, 0) is 4.79 Å². The predicted octanol–water partition coefficient (Wildman–Crippen LogP) is 3.67. The highest BCUT2D eigenvalue weighted by atomic mass is 35.5. The molecule has 0 saturated carbocycles. The fraction of sp³-hybridized carbons (Fsp3) is 0.400. The summed E-state index contributed by atoms with van der Waals surface area (Å²) >= 11 is 6.29. The molecule has 1 saturated heterocycles. The lowest BCUT2D eigenvalue weighted by atomic mass is 10.1. The van der Waals surface area contributed by atoms with E-state index in [0.717, 1.165) is 36.3 Å². The molecule has 1 atom stereocenters. The van der Waals surface area contributed by atoms with Crippen LogP contribution in [0.4, 0.5) is 5.69 Å². The molecule has 1 fully saturated rings. The Labute approximate surface area is 118 Å². The van der Waals surface area contributed by atoms with Gasteiger partial charge in [-0.2, -0.15) is 0 Å². The van der Waals surface area contributed by atoms with Crippen molar-refractivity contribution in [1.29, 1.82) is 0 Å². The average Bonchev–Trinajstić information content (AvgIpc) is 2.85. The van der Waals surface area contributed by atoms with Crippen LogP contribution in [0.3, 0.4) is 0 Å². The standard InChI is InChI=1S/C15H18ClNO2/c1-2-11-7-8-17(10-11)14-5-3-12(9-13(14)16)4-6-15(18)19/h3-6,9,11H,2,7-8,10H2,1H3,(H,18,19)/b6-4+. The van der Waals surface area contributed by atoms with Gasteiger partial charge >= 0.3 is 5.97 Å². The Morgan fingerprint density at radius 2 is 2.37 bits per heavy atom. The van der Waals surface area contributed by atoms with E-state index in [9.17, 15) is 4.79 Å². The Kier molecular flexibility index (Phi) is 4.48. The first-order chi connectivity index (χ1) is 9.10. The van der Waals surface area contributed by atoms with Crippen LogP contribution in [0, 0.1) is 5.92 Å². The molecule has 1 aromatic rings. The maximum atomic E-state index is 10.5. The lowest BCUT2D eigenvalue weighted by Crippen LogP contribution is -2.19. The van der Waals surface area contributed by atoms with Gasteiger partial charge in [-0.1, -0.05) is 31.0 Å². The van der Waals surface area contributed by atoms with E-state index >= 15 is 0 Å². The van der Waals surface area contributed by atoms with E-state index in [1.54, 1.807) is 6.08 Å². The van der Waals surface area contributed by atoms with E-state index in [1.165, 1.54) is 12.8 Å². The minimum absolute atomic E-state index is 0.685. The van der Waals surface area contributed by atoms with Crippen molar-refractivity contribution in [3.8, 4) is 0 Å². The van der Waals surface area contributed by atoms with Gasteiger partial charge < -0.3 is 10.0 Å². The molecule has 3 nitrogen and oxygen atoms in total. The summed E-state index contributed by atoms with van der Waals surface area (Å²) in [4.78, 5) is 12.8. The Morgan fingerprint density at radius 1 is 1.58 bits per heavy atom. The first-order valence-corrected chi connectivity index (χ1v) is 6.93. The van der Waals surface area contributed by atoms with Crippen LogP contribution in [0.2, 0.25) is 5.02 Å². The second kappa shape index (κ2) is 6.11. The third kappa shape index (κ3) is 3.51. The lowest BCUT2D eigenvalue weighted by molar-refractivity contribution is -0.131. The van der Waals surface area contributed by atoms with Crippen LogP contribution in [0.1, 0.15) is 25.3 Å². The number of hydrogen-bond acceptors (Lipinski definition) is 2. The van der Waals surface area contributed by atoms with Crippen LogP contribution in [0.25, 0.3) is 6.08 Å². The van der Waals surface area contributed by atoms with Crippen molar-refractivity contribution in [2.24, 2.45) is 5.92 Å². The predicted molar refractivity (Wildman–Crippen MR) is 78.7 cm³/mol. The molecule has 0 bridgehead atoms. The SMILES string of the molecule is CCC1CCN(c2ccc(/C=C/C(=O)O)cc2Cl)C1. The highest BCUT2D eigenvalue weighted by Gasteiger charge is 2.22. The van der Waals surface area contributed by atoms with Gasteiger partial charge in [0.25, 0.3) is 0 Å².